The number of rotatable bonds is 10. The van der Waals surface area contributed by atoms with Gasteiger partial charge in [0.1, 0.15) is 11.5 Å². The van der Waals surface area contributed by atoms with Gasteiger partial charge in [0, 0.05) is 26.7 Å². The van der Waals surface area contributed by atoms with Crippen LogP contribution in [0.25, 0.3) is 0 Å². The van der Waals surface area contributed by atoms with Gasteiger partial charge in [0.2, 0.25) is 5.41 Å². The molecule has 2 aliphatic rings. The largest absolute Gasteiger partial charge is 0.458 e. The van der Waals surface area contributed by atoms with Crippen LogP contribution in [0, 0.1) is 5.92 Å². The van der Waals surface area contributed by atoms with Gasteiger partial charge in [-0.15, -0.1) is 0 Å². The van der Waals surface area contributed by atoms with Crippen LogP contribution in [-0.4, -0.2) is 67.5 Å². The first-order valence-electron chi connectivity index (χ1n) is 17.4. The van der Waals surface area contributed by atoms with Crippen LogP contribution in [0.4, 0.5) is 32.0 Å². The van der Waals surface area contributed by atoms with Gasteiger partial charge in [-0.25, -0.2) is 9.91 Å². The molecule has 8 nitrogen and oxygen atoms in total. The summed E-state index contributed by atoms with van der Waals surface area (Å²) in [6.07, 6.45) is -2.69. The zero-order valence-corrected chi connectivity index (χ0v) is 31.3. The number of allylic oxidation sites excluding steroid dienone is 5. The van der Waals surface area contributed by atoms with Gasteiger partial charge in [-0.1, -0.05) is 58.0 Å². The molecule has 0 saturated carbocycles. The van der Waals surface area contributed by atoms with Crippen molar-refractivity contribution in [2.45, 2.75) is 58.3 Å². The Labute approximate surface area is 315 Å². The molecule has 0 saturated heterocycles. The lowest BCUT2D eigenvalue weighted by atomic mass is 9.71. The SMILES string of the molecule is CC.CCC(C)C1=CCC=C(Oc2ccc(N3C(=O)c4ccc(C(c5ccc(C=O)c(C(=O)N(C)N(C)C)c5)(C(F)(F)F)C(F)(F)F)cc4C3=O)cc2)C=C1. The molecule has 1 aliphatic heterocycles. The predicted molar refractivity (Wildman–Crippen MR) is 196 cm³/mol. The molecule has 5 rings (SSSR count). The van der Waals surface area contributed by atoms with E-state index >= 15 is 26.3 Å². The molecule has 14 heteroatoms. The standard InChI is InChI=1S/C39H35F6N3O5.C2H6/c1-6-23(2)24-8-7-9-29(16-11-24)53-30-17-14-28(15-18-30)48-35(51)31-19-13-27(21-33(31)36(48)52)37(38(40,41)42,39(43,44)45)26-12-10-25(22-49)32(20-26)34(50)47(5)46(3)4;1-2/h8-23H,6-7H2,1-5H3;1-2H3. The van der Waals surface area contributed by atoms with Crippen LogP contribution in [0.3, 0.4) is 0 Å². The van der Waals surface area contributed by atoms with Crippen molar-refractivity contribution in [3.8, 4) is 5.75 Å². The normalized spacial score (nSPS) is 15.1. The first-order chi connectivity index (χ1) is 25.9. The third-order valence-electron chi connectivity index (χ3n) is 9.53. The summed E-state index contributed by atoms with van der Waals surface area (Å²) in [4.78, 5) is 52.6. The van der Waals surface area contributed by atoms with Crippen LogP contribution in [0.15, 0.2) is 96.3 Å². The number of hydrogen-bond acceptors (Lipinski definition) is 6. The van der Waals surface area contributed by atoms with Gasteiger partial charge in [-0.3, -0.25) is 24.2 Å². The first-order valence-corrected chi connectivity index (χ1v) is 17.4. The smallest absolute Gasteiger partial charge is 0.411 e. The summed E-state index contributed by atoms with van der Waals surface area (Å²) >= 11 is 0. The number of anilines is 1. The van der Waals surface area contributed by atoms with Crippen molar-refractivity contribution in [3.05, 3.63) is 130 Å². The number of carbonyl (C=O) groups is 4. The lowest BCUT2D eigenvalue weighted by Crippen LogP contribution is -2.55. The predicted octanol–water partition coefficient (Wildman–Crippen LogP) is 9.48. The van der Waals surface area contributed by atoms with Crippen molar-refractivity contribution < 1.29 is 50.3 Å². The summed E-state index contributed by atoms with van der Waals surface area (Å²) in [5, 5.41) is 2.11. The number of fused-ring (bicyclic) bond motifs is 1. The van der Waals surface area contributed by atoms with E-state index in [-0.39, 0.29) is 12.0 Å². The zero-order chi connectivity index (χ0) is 41.0. The number of benzene rings is 3. The average Bonchev–Trinajstić information content (AvgIpc) is 3.26. The monoisotopic (exact) mass is 769 g/mol. The fourth-order valence-electron chi connectivity index (χ4n) is 6.23. The maximum absolute atomic E-state index is 15.1. The molecular formula is C41H41F6N3O5. The van der Waals surface area contributed by atoms with Crippen LogP contribution in [0.5, 0.6) is 5.75 Å². The van der Waals surface area contributed by atoms with Crippen LogP contribution in [-0.2, 0) is 5.41 Å². The van der Waals surface area contributed by atoms with Crippen LogP contribution in [0.2, 0.25) is 0 Å². The van der Waals surface area contributed by atoms with Crippen molar-refractivity contribution >= 4 is 29.7 Å². The summed E-state index contributed by atoms with van der Waals surface area (Å²) in [5.41, 5.74) is -8.70. The Morgan fingerprint density at radius 2 is 1.42 bits per heavy atom. The third-order valence-corrected chi connectivity index (χ3v) is 9.53. The maximum Gasteiger partial charge on any atom is 0.411 e. The Balaban J connectivity index is 0.00000331. The molecule has 292 valence electrons. The van der Waals surface area contributed by atoms with Crippen LogP contribution in [0.1, 0.15) is 93.1 Å². The molecule has 0 radical (unpaired) electrons. The molecule has 0 spiro atoms. The van der Waals surface area contributed by atoms with Gasteiger partial charge in [0.15, 0.2) is 6.29 Å². The van der Waals surface area contributed by atoms with E-state index in [2.05, 4.69) is 19.9 Å². The van der Waals surface area contributed by atoms with E-state index in [1.807, 2.05) is 32.1 Å². The van der Waals surface area contributed by atoms with Gasteiger partial charge in [0.05, 0.1) is 22.4 Å². The van der Waals surface area contributed by atoms with Gasteiger partial charge in [-0.2, -0.15) is 26.3 Å². The molecule has 0 aromatic heterocycles. The average molecular weight is 770 g/mol. The van der Waals surface area contributed by atoms with Gasteiger partial charge >= 0.3 is 12.4 Å². The number of ether oxygens (including phenoxy) is 1. The molecule has 1 atom stereocenters. The highest BCUT2D eigenvalue weighted by Gasteiger charge is 2.72. The lowest BCUT2D eigenvalue weighted by Gasteiger charge is -2.38. The van der Waals surface area contributed by atoms with Crippen molar-refractivity contribution in [2.24, 2.45) is 5.92 Å². The lowest BCUT2D eigenvalue weighted by molar-refractivity contribution is -0.288. The zero-order valence-electron chi connectivity index (χ0n) is 31.3. The van der Waals surface area contributed by atoms with Crippen molar-refractivity contribution in [2.75, 3.05) is 26.0 Å². The minimum absolute atomic E-state index is 0.00624. The fraction of sp³-hybridized carbons (Fsp3) is 0.317. The molecule has 0 bridgehead atoms. The Morgan fingerprint density at radius 3 is 1.98 bits per heavy atom. The number of alkyl halides is 6. The molecule has 3 amide bonds. The Morgan fingerprint density at radius 1 is 0.836 bits per heavy atom. The highest BCUT2D eigenvalue weighted by atomic mass is 19.4. The fourth-order valence-corrected chi connectivity index (χ4v) is 6.23. The second-order valence-electron chi connectivity index (χ2n) is 12.8. The van der Waals surface area contributed by atoms with Crippen LogP contribution < -0.4 is 9.64 Å². The number of imide groups is 1. The van der Waals surface area contributed by atoms with E-state index in [0.717, 1.165) is 23.1 Å². The number of hydrazine groups is 1. The first kappa shape index (κ1) is 42.2. The van der Waals surface area contributed by atoms with E-state index in [0.29, 0.717) is 59.1 Å². The molecule has 0 N–H and O–H groups in total. The van der Waals surface area contributed by atoms with Gasteiger partial charge in [-0.05, 0) is 90.1 Å². The molecule has 1 unspecified atom stereocenters. The maximum atomic E-state index is 15.1. The molecule has 3 aromatic carbocycles. The molecule has 55 heavy (non-hydrogen) atoms. The van der Waals surface area contributed by atoms with E-state index < -0.39 is 68.9 Å². The number of hydrogen-bond donors (Lipinski definition) is 0. The van der Waals surface area contributed by atoms with E-state index in [1.54, 1.807) is 0 Å². The molecule has 3 aromatic rings. The van der Waals surface area contributed by atoms with Crippen molar-refractivity contribution in [3.63, 3.8) is 0 Å². The molecular weight excluding hydrogens is 728 g/mol. The number of carbonyl (C=O) groups excluding carboxylic acids is 4. The molecule has 1 aliphatic carbocycles. The number of nitrogens with zero attached hydrogens (tertiary/aromatic N) is 3. The Bertz CT molecular complexity index is 2030. The minimum atomic E-state index is -6.09. The summed E-state index contributed by atoms with van der Waals surface area (Å²) < 4.78 is 96.7. The number of amides is 3. The van der Waals surface area contributed by atoms with Gasteiger partial charge < -0.3 is 4.74 Å². The highest BCUT2D eigenvalue weighted by Crippen LogP contribution is 2.57. The number of aldehydes is 1. The summed E-state index contributed by atoms with van der Waals surface area (Å²) in [7, 11) is 4.02. The van der Waals surface area contributed by atoms with Gasteiger partial charge in [0.25, 0.3) is 17.7 Å². The second kappa shape index (κ2) is 16.5. The third kappa shape index (κ3) is 7.86. The number of halogens is 6. The summed E-state index contributed by atoms with van der Waals surface area (Å²) in [5.74, 6) is -1.87. The Kier molecular flexibility index (Phi) is 12.7. The second-order valence-corrected chi connectivity index (χ2v) is 12.8. The van der Waals surface area contributed by atoms with Crippen LogP contribution >= 0.6 is 0 Å². The quantitative estimate of drug-likeness (QED) is 0.0884. The molecule has 1 heterocycles. The van der Waals surface area contributed by atoms with Crippen molar-refractivity contribution in [1.82, 2.24) is 10.0 Å². The summed E-state index contributed by atoms with van der Waals surface area (Å²) in [6, 6.07) is 8.87. The Hall–Kier alpha value is -5.50. The van der Waals surface area contributed by atoms with E-state index in [1.165, 1.54) is 50.4 Å². The minimum Gasteiger partial charge on any atom is -0.458 e. The summed E-state index contributed by atoms with van der Waals surface area (Å²) in [6.45, 7) is 8.20. The van der Waals surface area contributed by atoms with E-state index in [4.69, 9.17) is 4.74 Å². The van der Waals surface area contributed by atoms with E-state index in [9.17, 15) is 19.2 Å². The highest BCUT2D eigenvalue weighted by molar-refractivity contribution is 6.34. The molecule has 0 fully saturated rings. The topological polar surface area (TPSA) is 87.2 Å². The van der Waals surface area contributed by atoms with Crippen molar-refractivity contribution in [1.29, 1.82) is 0 Å².